The van der Waals surface area contributed by atoms with Gasteiger partial charge < -0.3 is 0 Å². The molecule has 2 aliphatic rings. The monoisotopic (exact) mass is 256 g/mol. The molecule has 4 heteroatoms. The second kappa shape index (κ2) is 3.65. The highest BCUT2D eigenvalue weighted by Crippen LogP contribution is 2.48. The van der Waals surface area contributed by atoms with E-state index in [1.54, 1.807) is 17.5 Å². The number of hydrogen-bond acceptors (Lipinski definition) is 3. The Morgan fingerprint density at radius 2 is 2.17 bits per heavy atom. The Kier molecular flexibility index (Phi) is 2.08. The molecule has 0 saturated carbocycles. The molecule has 1 amide bonds. The van der Waals surface area contributed by atoms with Crippen LogP contribution < -0.4 is 4.90 Å². The van der Waals surface area contributed by atoms with Crippen LogP contribution in [0.25, 0.3) is 0 Å². The van der Waals surface area contributed by atoms with Gasteiger partial charge in [-0.3, -0.25) is 9.69 Å². The van der Waals surface area contributed by atoms with Crippen molar-refractivity contribution < 1.29 is 4.79 Å². The van der Waals surface area contributed by atoms with Gasteiger partial charge in [0.1, 0.15) is 0 Å². The summed E-state index contributed by atoms with van der Waals surface area (Å²) in [5, 5.41) is 2.76. The molecule has 4 rings (SSSR count). The van der Waals surface area contributed by atoms with Crippen LogP contribution in [0.4, 0.5) is 5.13 Å². The fourth-order valence-electron chi connectivity index (χ4n) is 3.23. The molecule has 18 heavy (non-hydrogen) atoms. The number of fused-ring (bicyclic) bond motifs is 3. The van der Waals surface area contributed by atoms with Gasteiger partial charge in [-0.25, -0.2) is 4.98 Å². The van der Waals surface area contributed by atoms with E-state index in [9.17, 15) is 4.79 Å². The van der Waals surface area contributed by atoms with Gasteiger partial charge in [-0.1, -0.05) is 24.3 Å². The maximum absolute atomic E-state index is 12.2. The highest BCUT2D eigenvalue weighted by molar-refractivity contribution is 7.13. The van der Waals surface area contributed by atoms with Crippen molar-refractivity contribution in [2.45, 2.75) is 18.9 Å². The highest BCUT2D eigenvalue weighted by Gasteiger charge is 2.46. The third-order valence-electron chi connectivity index (χ3n) is 3.91. The lowest BCUT2D eigenvalue weighted by Crippen LogP contribution is -2.27. The normalized spacial score (nSPS) is 25.3. The predicted octanol–water partition coefficient (Wildman–Crippen LogP) is 2.79. The molecule has 1 aromatic heterocycles. The summed E-state index contributed by atoms with van der Waals surface area (Å²) in [6, 6.07) is 8.68. The van der Waals surface area contributed by atoms with Crippen molar-refractivity contribution in [2.75, 3.05) is 4.90 Å². The summed E-state index contributed by atoms with van der Waals surface area (Å²) in [7, 11) is 0. The van der Waals surface area contributed by atoms with Gasteiger partial charge in [0, 0.05) is 18.0 Å². The van der Waals surface area contributed by atoms with Crippen molar-refractivity contribution in [1.82, 2.24) is 4.98 Å². The topological polar surface area (TPSA) is 33.2 Å². The van der Waals surface area contributed by atoms with E-state index < -0.39 is 0 Å². The van der Waals surface area contributed by atoms with E-state index in [-0.39, 0.29) is 11.9 Å². The summed E-state index contributed by atoms with van der Waals surface area (Å²) in [5.74, 6) is 0.647. The van der Waals surface area contributed by atoms with Gasteiger partial charge in [0.2, 0.25) is 5.91 Å². The Balaban J connectivity index is 1.83. The van der Waals surface area contributed by atoms with Crippen LogP contribution in [-0.4, -0.2) is 10.9 Å². The molecule has 3 nitrogen and oxygen atoms in total. The first-order valence-electron chi connectivity index (χ1n) is 6.14. The van der Waals surface area contributed by atoms with Crippen molar-refractivity contribution in [3.8, 4) is 0 Å². The molecule has 1 aliphatic carbocycles. The lowest BCUT2D eigenvalue weighted by Gasteiger charge is -2.22. The molecule has 0 radical (unpaired) electrons. The van der Waals surface area contributed by atoms with Crippen molar-refractivity contribution in [2.24, 2.45) is 5.92 Å². The smallest absolute Gasteiger partial charge is 0.229 e. The van der Waals surface area contributed by atoms with Crippen LogP contribution in [0.2, 0.25) is 0 Å². The highest BCUT2D eigenvalue weighted by atomic mass is 32.1. The van der Waals surface area contributed by atoms with E-state index in [0.717, 1.165) is 11.6 Å². The van der Waals surface area contributed by atoms with Crippen molar-refractivity contribution >= 4 is 22.4 Å². The molecule has 0 spiro atoms. The molecule has 1 saturated heterocycles. The van der Waals surface area contributed by atoms with E-state index in [0.29, 0.717) is 12.3 Å². The van der Waals surface area contributed by atoms with E-state index in [2.05, 4.69) is 29.2 Å². The lowest BCUT2D eigenvalue weighted by molar-refractivity contribution is -0.117. The molecule has 2 heterocycles. The maximum atomic E-state index is 12.2. The minimum atomic E-state index is 0.208. The lowest BCUT2D eigenvalue weighted by atomic mass is 10.0. The average Bonchev–Trinajstić information content (AvgIpc) is 3.03. The van der Waals surface area contributed by atoms with Gasteiger partial charge in [0.15, 0.2) is 5.13 Å². The molecule has 90 valence electrons. The van der Waals surface area contributed by atoms with Gasteiger partial charge in [-0.05, 0) is 23.5 Å². The SMILES string of the molecule is O=C1CC2Cc3ccccc3C2N1c1nccs1. The summed E-state index contributed by atoms with van der Waals surface area (Å²) in [5.41, 5.74) is 2.70. The Morgan fingerprint density at radius 1 is 1.28 bits per heavy atom. The first kappa shape index (κ1) is 10.3. The quantitative estimate of drug-likeness (QED) is 0.786. The standard InChI is InChI=1S/C14H12N2OS/c17-12-8-10-7-9-3-1-2-4-11(9)13(10)16(12)14-15-5-6-18-14/h1-6,10,13H,7-8H2. The summed E-state index contributed by atoms with van der Waals surface area (Å²) in [4.78, 5) is 18.4. The number of benzene rings is 1. The zero-order chi connectivity index (χ0) is 12.1. The van der Waals surface area contributed by atoms with Crippen LogP contribution in [0, 0.1) is 5.92 Å². The zero-order valence-corrected chi connectivity index (χ0v) is 10.6. The zero-order valence-electron chi connectivity index (χ0n) is 9.74. The minimum absolute atomic E-state index is 0.208. The summed E-state index contributed by atoms with van der Waals surface area (Å²) in [6.07, 6.45) is 3.44. The van der Waals surface area contributed by atoms with Gasteiger partial charge in [-0.15, -0.1) is 11.3 Å². The molecule has 0 N–H and O–H groups in total. The number of rotatable bonds is 1. The molecule has 2 unspecified atom stereocenters. The van der Waals surface area contributed by atoms with Crippen LogP contribution in [-0.2, 0) is 11.2 Å². The maximum Gasteiger partial charge on any atom is 0.229 e. The van der Waals surface area contributed by atoms with Gasteiger partial charge in [0.05, 0.1) is 6.04 Å². The summed E-state index contributed by atoms with van der Waals surface area (Å²) in [6.45, 7) is 0. The first-order chi connectivity index (χ1) is 8.84. The van der Waals surface area contributed by atoms with Crippen LogP contribution in [0.15, 0.2) is 35.8 Å². The Bertz CT molecular complexity index is 608. The third-order valence-corrected chi connectivity index (χ3v) is 4.68. The number of amides is 1. The molecule has 1 aliphatic heterocycles. The van der Waals surface area contributed by atoms with Crippen molar-refractivity contribution in [3.05, 3.63) is 47.0 Å². The average molecular weight is 256 g/mol. The second-order valence-corrected chi connectivity index (χ2v) is 5.76. The third kappa shape index (κ3) is 1.29. The fraction of sp³-hybridized carbons (Fsp3) is 0.286. The first-order valence-corrected chi connectivity index (χ1v) is 7.02. The van der Waals surface area contributed by atoms with Crippen LogP contribution in [0.3, 0.4) is 0 Å². The number of anilines is 1. The molecule has 1 fully saturated rings. The summed E-state index contributed by atoms with van der Waals surface area (Å²) < 4.78 is 0. The van der Waals surface area contributed by atoms with Crippen LogP contribution >= 0.6 is 11.3 Å². The largest absolute Gasteiger partial charge is 0.280 e. The molecule has 1 aromatic carbocycles. The summed E-state index contributed by atoms with van der Waals surface area (Å²) >= 11 is 1.54. The number of carbonyl (C=O) groups excluding carboxylic acids is 1. The van der Waals surface area contributed by atoms with E-state index in [1.165, 1.54) is 11.1 Å². The predicted molar refractivity (Wildman–Crippen MR) is 70.6 cm³/mol. The van der Waals surface area contributed by atoms with Crippen molar-refractivity contribution in [1.29, 1.82) is 0 Å². The van der Waals surface area contributed by atoms with E-state index in [4.69, 9.17) is 0 Å². The molecular formula is C14H12N2OS. The molecule has 2 atom stereocenters. The minimum Gasteiger partial charge on any atom is -0.280 e. The number of nitrogens with zero attached hydrogens (tertiary/aromatic N) is 2. The van der Waals surface area contributed by atoms with Crippen LogP contribution in [0.1, 0.15) is 23.6 Å². The van der Waals surface area contributed by atoms with Crippen molar-refractivity contribution in [3.63, 3.8) is 0 Å². The number of carbonyl (C=O) groups is 1. The Labute approximate surface area is 109 Å². The second-order valence-electron chi connectivity index (χ2n) is 4.89. The Hall–Kier alpha value is -1.68. The number of aromatic nitrogens is 1. The van der Waals surface area contributed by atoms with Gasteiger partial charge in [0.25, 0.3) is 0 Å². The number of hydrogen-bond donors (Lipinski definition) is 0. The van der Waals surface area contributed by atoms with E-state index >= 15 is 0 Å². The van der Waals surface area contributed by atoms with Crippen LogP contribution in [0.5, 0.6) is 0 Å². The molecular weight excluding hydrogens is 244 g/mol. The number of thiazole rings is 1. The Morgan fingerprint density at radius 3 is 3.00 bits per heavy atom. The molecule has 0 bridgehead atoms. The molecule has 2 aromatic rings. The fourth-order valence-corrected chi connectivity index (χ4v) is 3.92. The van der Waals surface area contributed by atoms with E-state index in [1.807, 2.05) is 10.3 Å². The van der Waals surface area contributed by atoms with Gasteiger partial charge in [-0.2, -0.15) is 0 Å². The van der Waals surface area contributed by atoms with Gasteiger partial charge >= 0.3 is 0 Å².